The first kappa shape index (κ1) is 7.56. The van der Waals surface area contributed by atoms with E-state index in [9.17, 15) is 0 Å². The van der Waals surface area contributed by atoms with Crippen LogP contribution in [0.4, 0.5) is 0 Å². The fourth-order valence-electron chi connectivity index (χ4n) is 1.74. The van der Waals surface area contributed by atoms with Crippen LogP contribution in [-0.4, -0.2) is 9.97 Å². The van der Waals surface area contributed by atoms with Crippen LogP contribution in [0.5, 0.6) is 0 Å². The van der Waals surface area contributed by atoms with Crippen LogP contribution in [0.2, 0.25) is 0 Å². The van der Waals surface area contributed by atoms with Crippen LogP contribution in [0.15, 0.2) is 48.6 Å². The minimum absolute atomic E-state index is 0.322. The van der Waals surface area contributed by atoms with Gasteiger partial charge in [-0.1, -0.05) is 36.4 Å². The number of nitrogens with zero attached hydrogens (tertiary/aromatic N) is 1. The average molecular weight is 182 g/mol. The van der Waals surface area contributed by atoms with E-state index in [2.05, 4.69) is 34.3 Å². The molecule has 1 aromatic heterocycles. The van der Waals surface area contributed by atoms with E-state index in [0.717, 1.165) is 16.9 Å². The molecule has 0 spiro atoms. The monoisotopic (exact) mass is 182 g/mol. The molecule has 0 saturated heterocycles. The maximum Gasteiger partial charge on any atom is 0.118 e. The van der Waals surface area contributed by atoms with Crippen LogP contribution in [0, 0.1) is 0 Å². The second-order valence-corrected chi connectivity index (χ2v) is 3.43. The second-order valence-electron chi connectivity index (χ2n) is 3.43. The first-order valence-corrected chi connectivity index (χ1v) is 4.73. The Morgan fingerprint density at radius 3 is 2.64 bits per heavy atom. The van der Waals surface area contributed by atoms with E-state index in [0.29, 0.717) is 5.92 Å². The van der Waals surface area contributed by atoms with Crippen molar-refractivity contribution in [3.63, 3.8) is 0 Å². The molecule has 0 fully saturated rings. The molecule has 1 heterocycles. The standard InChI is InChI=1S/C12H10N2/c1-2-6-9(5-1)12-13-10-7-3-4-8-11(10)14-12/h1-9H,(H,13,14). The lowest BCUT2D eigenvalue weighted by molar-refractivity contribution is 0.971. The summed E-state index contributed by atoms with van der Waals surface area (Å²) >= 11 is 0. The number of fused-ring (bicyclic) bond motifs is 1. The molecule has 2 aromatic rings. The van der Waals surface area contributed by atoms with Gasteiger partial charge in [0.2, 0.25) is 0 Å². The highest BCUT2D eigenvalue weighted by molar-refractivity contribution is 5.75. The molecule has 2 nitrogen and oxygen atoms in total. The predicted molar refractivity (Wildman–Crippen MR) is 57.1 cm³/mol. The third-order valence-electron chi connectivity index (χ3n) is 2.47. The Morgan fingerprint density at radius 1 is 1.07 bits per heavy atom. The van der Waals surface area contributed by atoms with Gasteiger partial charge in [0.1, 0.15) is 5.82 Å². The quantitative estimate of drug-likeness (QED) is 0.721. The zero-order valence-electron chi connectivity index (χ0n) is 7.64. The Kier molecular flexibility index (Phi) is 1.53. The normalized spacial score (nSPS) is 15.7. The Hall–Kier alpha value is -1.83. The van der Waals surface area contributed by atoms with Gasteiger partial charge in [-0.25, -0.2) is 4.98 Å². The van der Waals surface area contributed by atoms with Gasteiger partial charge >= 0.3 is 0 Å². The van der Waals surface area contributed by atoms with Gasteiger partial charge in [-0.2, -0.15) is 0 Å². The Bertz CT molecular complexity index is 475. The first-order valence-electron chi connectivity index (χ1n) is 4.73. The smallest absolute Gasteiger partial charge is 0.118 e. The maximum absolute atomic E-state index is 4.54. The molecule has 1 N–H and O–H groups in total. The van der Waals surface area contributed by atoms with Crippen molar-refractivity contribution < 1.29 is 0 Å². The lowest BCUT2D eigenvalue weighted by Crippen LogP contribution is -1.90. The molecule has 0 bridgehead atoms. The Morgan fingerprint density at radius 2 is 1.86 bits per heavy atom. The summed E-state index contributed by atoms with van der Waals surface area (Å²) in [5.74, 6) is 1.35. The molecule has 1 aliphatic carbocycles. The molecular formula is C12H10N2. The predicted octanol–water partition coefficient (Wildman–Crippen LogP) is 2.77. The Balaban J connectivity index is 2.14. The first-order chi connectivity index (χ1) is 6.93. The number of hydrogen-bond acceptors (Lipinski definition) is 1. The van der Waals surface area contributed by atoms with Gasteiger partial charge in [0.05, 0.1) is 17.0 Å². The molecule has 0 amide bonds. The van der Waals surface area contributed by atoms with Crippen molar-refractivity contribution in [2.45, 2.75) is 5.92 Å². The van der Waals surface area contributed by atoms with Gasteiger partial charge < -0.3 is 4.98 Å². The van der Waals surface area contributed by atoms with Crippen LogP contribution < -0.4 is 0 Å². The fourth-order valence-corrected chi connectivity index (χ4v) is 1.74. The molecule has 2 heteroatoms. The van der Waals surface area contributed by atoms with Crippen LogP contribution in [0.3, 0.4) is 0 Å². The Labute approximate surface area is 82.0 Å². The van der Waals surface area contributed by atoms with Crippen LogP contribution >= 0.6 is 0 Å². The lowest BCUT2D eigenvalue weighted by Gasteiger charge is -1.97. The molecule has 0 aliphatic heterocycles. The van der Waals surface area contributed by atoms with Crippen molar-refractivity contribution in [1.29, 1.82) is 0 Å². The van der Waals surface area contributed by atoms with Crippen LogP contribution in [0.25, 0.3) is 11.0 Å². The summed E-state index contributed by atoms with van der Waals surface area (Å²) in [6, 6.07) is 8.10. The van der Waals surface area contributed by atoms with Gasteiger partial charge in [0.15, 0.2) is 0 Å². The zero-order chi connectivity index (χ0) is 9.38. The molecule has 1 aliphatic rings. The number of imidazole rings is 1. The largest absolute Gasteiger partial charge is 0.341 e. The number of H-pyrrole nitrogens is 1. The van der Waals surface area contributed by atoms with E-state index < -0.39 is 0 Å². The molecule has 1 aromatic carbocycles. The number of hydrogen-bond donors (Lipinski definition) is 1. The summed E-state index contributed by atoms with van der Waals surface area (Å²) in [6.07, 6.45) is 8.38. The third kappa shape index (κ3) is 1.08. The number of allylic oxidation sites excluding steroid dienone is 4. The summed E-state index contributed by atoms with van der Waals surface area (Å²) < 4.78 is 0. The van der Waals surface area contributed by atoms with Crippen LogP contribution in [-0.2, 0) is 0 Å². The van der Waals surface area contributed by atoms with E-state index >= 15 is 0 Å². The molecule has 68 valence electrons. The molecule has 0 radical (unpaired) electrons. The number of aromatic nitrogens is 2. The number of nitrogens with one attached hydrogen (secondary N) is 1. The van der Waals surface area contributed by atoms with E-state index in [1.807, 2.05) is 24.3 Å². The molecule has 0 saturated carbocycles. The number of aromatic amines is 1. The van der Waals surface area contributed by atoms with Gasteiger partial charge in [0, 0.05) is 0 Å². The number of para-hydroxylation sites is 2. The number of benzene rings is 1. The molecular weight excluding hydrogens is 172 g/mol. The van der Waals surface area contributed by atoms with Crippen molar-refractivity contribution in [1.82, 2.24) is 9.97 Å². The SMILES string of the molecule is C1=CC(c2nc3ccccc3[nH]2)C=C1. The lowest BCUT2D eigenvalue weighted by atomic mass is 10.2. The van der Waals surface area contributed by atoms with Crippen molar-refractivity contribution in [2.75, 3.05) is 0 Å². The highest BCUT2D eigenvalue weighted by Crippen LogP contribution is 2.22. The average Bonchev–Trinajstić information content (AvgIpc) is 2.86. The molecule has 0 unspecified atom stereocenters. The van der Waals surface area contributed by atoms with E-state index in [-0.39, 0.29) is 0 Å². The van der Waals surface area contributed by atoms with E-state index in [1.165, 1.54) is 0 Å². The molecule has 3 rings (SSSR count). The van der Waals surface area contributed by atoms with Gasteiger partial charge in [-0.05, 0) is 12.1 Å². The highest BCUT2D eigenvalue weighted by Gasteiger charge is 2.11. The minimum Gasteiger partial charge on any atom is -0.341 e. The van der Waals surface area contributed by atoms with E-state index in [4.69, 9.17) is 0 Å². The van der Waals surface area contributed by atoms with Crippen molar-refractivity contribution in [3.8, 4) is 0 Å². The summed E-state index contributed by atoms with van der Waals surface area (Å²) in [4.78, 5) is 7.86. The van der Waals surface area contributed by atoms with Gasteiger partial charge in [0.25, 0.3) is 0 Å². The summed E-state index contributed by atoms with van der Waals surface area (Å²) in [5.41, 5.74) is 2.15. The topological polar surface area (TPSA) is 28.7 Å². The van der Waals surface area contributed by atoms with Gasteiger partial charge in [-0.15, -0.1) is 0 Å². The number of rotatable bonds is 1. The summed E-state index contributed by atoms with van der Waals surface area (Å²) in [5, 5.41) is 0. The van der Waals surface area contributed by atoms with Crippen molar-refractivity contribution >= 4 is 11.0 Å². The zero-order valence-corrected chi connectivity index (χ0v) is 7.64. The van der Waals surface area contributed by atoms with E-state index in [1.54, 1.807) is 0 Å². The molecule has 14 heavy (non-hydrogen) atoms. The van der Waals surface area contributed by atoms with Crippen molar-refractivity contribution in [3.05, 3.63) is 54.4 Å². The third-order valence-corrected chi connectivity index (χ3v) is 2.47. The summed E-state index contributed by atoms with van der Waals surface area (Å²) in [6.45, 7) is 0. The maximum atomic E-state index is 4.54. The van der Waals surface area contributed by atoms with Crippen LogP contribution in [0.1, 0.15) is 11.7 Å². The fraction of sp³-hybridized carbons (Fsp3) is 0.0833. The van der Waals surface area contributed by atoms with Crippen molar-refractivity contribution in [2.24, 2.45) is 0 Å². The second kappa shape index (κ2) is 2.84. The summed E-state index contributed by atoms with van der Waals surface area (Å²) in [7, 11) is 0. The molecule has 0 atom stereocenters. The highest BCUT2D eigenvalue weighted by atomic mass is 14.9. The van der Waals surface area contributed by atoms with Gasteiger partial charge in [-0.3, -0.25) is 0 Å². The minimum atomic E-state index is 0.322.